The topological polar surface area (TPSA) is 84.3 Å². The molecule has 0 spiro atoms. The summed E-state index contributed by atoms with van der Waals surface area (Å²) in [4.78, 5) is 30.0. The average Bonchev–Trinajstić information content (AvgIpc) is 3.52. The molecule has 36 heavy (non-hydrogen) atoms. The molecule has 0 aliphatic carbocycles. The third-order valence-electron chi connectivity index (χ3n) is 6.82. The second-order valence-electron chi connectivity index (χ2n) is 9.94. The Hall–Kier alpha value is -2.84. The molecule has 2 amide bonds. The molecule has 0 radical (unpaired) electrons. The molecule has 3 rings (SSSR count). The number of amides is 2. The minimum atomic E-state index is -0.000332. The predicted molar refractivity (Wildman–Crippen MR) is 139 cm³/mol. The van der Waals surface area contributed by atoms with E-state index < -0.39 is 0 Å². The maximum absolute atomic E-state index is 13.6. The van der Waals surface area contributed by atoms with Gasteiger partial charge in [0.25, 0.3) is 5.91 Å². The zero-order valence-corrected chi connectivity index (χ0v) is 22.3. The quantitative estimate of drug-likeness (QED) is 0.426. The summed E-state index contributed by atoms with van der Waals surface area (Å²) >= 11 is 0. The highest BCUT2D eigenvalue weighted by Crippen LogP contribution is 2.25. The number of carbonyl (C=O) groups is 2. The number of rotatable bonds is 13. The van der Waals surface area contributed by atoms with E-state index in [4.69, 9.17) is 13.9 Å². The number of nitrogens with one attached hydrogen (secondary N) is 1. The van der Waals surface area contributed by atoms with Crippen molar-refractivity contribution in [2.24, 2.45) is 11.8 Å². The first-order chi connectivity index (χ1) is 17.3. The summed E-state index contributed by atoms with van der Waals surface area (Å²) in [6, 6.07) is 9.33. The van der Waals surface area contributed by atoms with E-state index in [0.29, 0.717) is 37.6 Å². The van der Waals surface area contributed by atoms with Crippen molar-refractivity contribution in [3.8, 4) is 5.75 Å². The second kappa shape index (κ2) is 13.5. The van der Waals surface area contributed by atoms with E-state index in [1.54, 1.807) is 24.3 Å². The fourth-order valence-electron chi connectivity index (χ4n) is 4.59. The highest BCUT2D eigenvalue weighted by molar-refractivity contribution is 5.95. The van der Waals surface area contributed by atoms with Crippen molar-refractivity contribution in [2.45, 2.75) is 39.7 Å². The first-order valence-electron chi connectivity index (χ1n) is 12.8. The lowest BCUT2D eigenvalue weighted by molar-refractivity contribution is -0.130. The smallest absolute Gasteiger partial charge is 0.254 e. The lowest BCUT2D eigenvalue weighted by atomic mass is 9.94. The monoisotopic (exact) mass is 499 g/mol. The normalized spacial score (nSPS) is 17.4. The van der Waals surface area contributed by atoms with E-state index in [9.17, 15) is 9.59 Å². The Labute approximate surface area is 214 Å². The molecule has 1 aliphatic rings. The van der Waals surface area contributed by atoms with Crippen LogP contribution in [-0.2, 0) is 16.0 Å². The van der Waals surface area contributed by atoms with Crippen LogP contribution in [0.15, 0.2) is 41.0 Å². The highest BCUT2D eigenvalue weighted by atomic mass is 16.5. The van der Waals surface area contributed by atoms with Crippen LogP contribution >= 0.6 is 0 Å². The van der Waals surface area contributed by atoms with Crippen LogP contribution < -0.4 is 10.1 Å². The van der Waals surface area contributed by atoms with Gasteiger partial charge in [-0.1, -0.05) is 6.07 Å². The molecule has 1 N–H and O–H groups in total. The largest absolute Gasteiger partial charge is 0.493 e. The van der Waals surface area contributed by atoms with Crippen molar-refractivity contribution < 1.29 is 23.5 Å². The van der Waals surface area contributed by atoms with Crippen LogP contribution in [-0.4, -0.2) is 81.2 Å². The number of nitrogens with zero attached hydrogens (tertiary/aromatic N) is 2. The molecule has 0 saturated carbocycles. The molecule has 198 valence electrons. The fourth-order valence-corrected chi connectivity index (χ4v) is 4.59. The van der Waals surface area contributed by atoms with Gasteiger partial charge in [0.1, 0.15) is 11.5 Å². The minimum Gasteiger partial charge on any atom is -0.493 e. The van der Waals surface area contributed by atoms with Crippen LogP contribution in [0.2, 0.25) is 0 Å². The Morgan fingerprint density at radius 2 is 1.89 bits per heavy atom. The first-order valence-corrected chi connectivity index (χ1v) is 12.8. The molecule has 0 bridgehead atoms. The maximum atomic E-state index is 13.6. The van der Waals surface area contributed by atoms with E-state index in [2.05, 4.69) is 5.32 Å². The van der Waals surface area contributed by atoms with Gasteiger partial charge in [0.15, 0.2) is 0 Å². The minimum absolute atomic E-state index is 0.000332. The highest BCUT2D eigenvalue weighted by Gasteiger charge is 2.33. The number of ether oxygens (including phenoxy) is 2. The van der Waals surface area contributed by atoms with E-state index in [1.165, 1.54) is 0 Å². The first kappa shape index (κ1) is 27.7. The van der Waals surface area contributed by atoms with Gasteiger partial charge < -0.3 is 29.0 Å². The molecule has 1 aliphatic heterocycles. The zero-order chi connectivity index (χ0) is 26.1. The van der Waals surface area contributed by atoms with Crippen LogP contribution in [0, 0.1) is 18.8 Å². The van der Waals surface area contributed by atoms with Crippen LogP contribution in [0.4, 0.5) is 0 Å². The Morgan fingerprint density at radius 3 is 2.56 bits per heavy atom. The maximum Gasteiger partial charge on any atom is 0.254 e. The SMILES string of the molecule is COCCCOc1cc(C(=O)N(C[C@@H]2CNC[C@H]2CN(C)C(=O)Cc2ccco2)C(C)C)ccc1C. The summed E-state index contributed by atoms with van der Waals surface area (Å²) in [5, 5.41) is 3.46. The molecule has 0 unspecified atom stereocenters. The predicted octanol–water partition coefficient (Wildman–Crippen LogP) is 3.39. The standard InChI is InChI=1S/C28H41N3O5/c1-20(2)31(28(33)22-10-9-21(3)26(14-22)36-13-7-11-34-5)19-24-17-29-16-23(24)18-30(4)27(32)15-25-8-6-12-35-25/h6,8-10,12,14,20,23-24,29H,7,11,13,15-19H2,1-5H3/t23-,24-/m0/s1. The van der Waals surface area contributed by atoms with Crippen molar-refractivity contribution >= 4 is 11.8 Å². The van der Waals surface area contributed by atoms with Gasteiger partial charge in [-0.2, -0.15) is 0 Å². The van der Waals surface area contributed by atoms with Crippen molar-refractivity contribution in [2.75, 3.05) is 53.6 Å². The van der Waals surface area contributed by atoms with Gasteiger partial charge in [-0.3, -0.25) is 9.59 Å². The van der Waals surface area contributed by atoms with Crippen LogP contribution in [0.1, 0.15) is 41.9 Å². The Morgan fingerprint density at radius 1 is 1.14 bits per heavy atom. The number of aryl methyl sites for hydroxylation is 1. The van der Waals surface area contributed by atoms with Gasteiger partial charge in [0, 0.05) is 65.0 Å². The van der Waals surface area contributed by atoms with E-state index in [-0.39, 0.29) is 36.1 Å². The molecule has 1 aromatic heterocycles. The number of likely N-dealkylation sites (N-methyl/N-ethyl adjacent to an activating group) is 1. The van der Waals surface area contributed by atoms with Gasteiger partial charge >= 0.3 is 0 Å². The Balaban J connectivity index is 1.63. The fraction of sp³-hybridized carbons (Fsp3) is 0.571. The summed E-state index contributed by atoms with van der Waals surface area (Å²) in [5.74, 6) is 1.96. The molecular weight excluding hydrogens is 458 g/mol. The molecule has 2 heterocycles. The molecular formula is C28H41N3O5. The Bertz CT molecular complexity index is 976. The summed E-state index contributed by atoms with van der Waals surface area (Å²) < 4.78 is 16.3. The molecule has 1 saturated heterocycles. The van der Waals surface area contributed by atoms with Crippen LogP contribution in [0.3, 0.4) is 0 Å². The van der Waals surface area contributed by atoms with Crippen molar-refractivity contribution in [3.05, 3.63) is 53.5 Å². The average molecular weight is 500 g/mol. The number of carbonyl (C=O) groups excluding carboxylic acids is 2. The molecule has 2 atom stereocenters. The molecule has 2 aromatic rings. The van der Waals surface area contributed by atoms with Gasteiger partial charge in [0.2, 0.25) is 5.91 Å². The van der Waals surface area contributed by atoms with Gasteiger partial charge in [-0.05, 0) is 62.4 Å². The molecule has 8 nitrogen and oxygen atoms in total. The van der Waals surface area contributed by atoms with E-state index in [1.807, 2.05) is 57.0 Å². The third kappa shape index (κ3) is 7.58. The Kier molecular flexibility index (Phi) is 10.4. The van der Waals surface area contributed by atoms with Gasteiger partial charge in [0.05, 0.1) is 19.3 Å². The van der Waals surface area contributed by atoms with Crippen LogP contribution in [0.5, 0.6) is 5.75 Å². The lowest BCUT2D eigenvalue weighted by Gasteiger charge is -2.33. The lowest BCUT2D eigenvalue weighted by Crippen LogP contribution is -2.44. The summed E-state index contributed by atoms with van der Waals surface area (Å²) in [7, 11) is 3.51. The number of methoxy groups -OCH3 is 1. The third-order valence-corrected chi connectivity index (χ3v) is 6.82. The van der Waals surface area contributed by atoms with E-state index in [0.717, 1.165) is 30.8 Å². The van der Waals surface area contributed by atoms with Crippen molar-refractivity contribution in [1.29, 1.82) is 0 Å². The number of furan rings is 1. The number of hydrogen-bond donors (Lipinski definition) is 1. The number of hydrogen-bond acceptors (Lipinski definition) is 6. The van der Waals surface area contributed by atoms with E-state index >= 15 is 0 Å². The van der Waals surface area contributed by atoms with Crippen molar-refractivity contribution in [3.63, 3.8) is 0 Å². The molecule has 1 fully saturated rings. The van der Waals surface area contributed by atoms with Crippen LogP contribution in [0.25, 0.3) is 0 Å². The van der Waals surface area contributed by atoms with Gasteiger partial charge in [-0.15, -0.1) is 0 Å². The van der Waals surface area contributed by atoms with Gasteiger partial charge in [-0.25, -0.2) is 0 Å². The van der Waals surface area contributed by atoms with Crippen molar-refractivity contribution in [1.82, 2.24) is 15.1 Å². The summed E-state index contributed by atoms with van der Waals surface area (Å²) in [6.45, 7) is 10.2. The molecule has 8 heteroatoms. The number of benzene rings is 1. The second-order valence-corrected chi connectivity index (χ2v) is 9.94. The summed E-state index contributed by atoms with van der Waals surface area (Å²) in [6.07, 6.45) is 2.64. The molecule has 1 aromatic carbocycles. The zero-order valence-electron chi connectivity index (χ0n) is 22.3. The summed E-state index contributed by atoms with van der Waals surface area (Å²) in [5.41, 5.74) is 1.63.